The Hall–Kier alpha value is -2.70. The maximum absolute atomic E-state index is 6.25. The summed E-state index contributed by atoms with van der Waals surface area (Å²) in [6, 6.07) is 22.9. The van der Waals surface area contributed by atoms with Crippen LogP contribution in [0.1, 0.15) is 39.4 Å². The predicted octanol–water partition coefficient (Wildman–Crippen LogP) is 6.91. The Kier molecular flexibility index (Phi) is 6.33. The van der Waals surface area contributed by atoms with Crippen molar-refractivity contribution in [2.24, 2.45) is 0 Å². The first-order chi connectivity index (χ1) is 17.2. The van der Waals surface area contributed by atoms with Crippen molar-refractivity contribution in [1.29, 1.82) is 0 Å². The smallest absolute Gasteiger partial charge is 0.115 e. The molecule has 1 N–H and O–H groups in total. The highest BCUT2D eigenvalue weighted by Gasteiger charge is 2.27. The number of hydrogen-bond acceptors (Lipinski definition) is 4. The highest BCUT2D eigenvalue weighted by atomic mass is 35.5. The van der Waals surface area contributed by atoms with Crippen LogP contribution in [0.4, 0.5) is 0 Å². The average molecular weight is 520 g/mol. The molecule has 176 valence electrons. The van der Waals surface area contributed by atoms with Gasteiger partial charge in [-0.3, -0.25) is 0 Å². The maximum Gasteiger partial charge on any atom is 0.115 e. The zero-order chi connectivity index (χ0) is 23.8. The molecular formula is C28H24Cl2N4S. The lowest BCUT2D eigenvalue weighted by Gasteiger charge is -2.27. The molecule has 0 radical (unpaired) electrons. The largest absolute Gasteiger partial charge is 0.327 e. The molecule has 7 heteroatoms. The van der Waals surface area contributed by atoms with E-state index < -0.39 is 0 Å². The third-order valence-electron chi connectivity index (χ3n) is 6.70. The van der Waals surface area contributed by atoms with E-state index in [1.54, 1.807) is 11.3 Å². The van der Waals surface area contributed by atoms with Crippen LogP contribution in [-0.2, 0) is 13.0 Å². The van der Waals surface area contributed by atoms with Gasteiger partial charge in [0.2, 0.25) is 0 Å². The molecule has 5 aromatic rings. The molecule has 1 fully saturated rings. The molecule has 1 unspecified atom stereocenters. The number of benzene rings is 3. The first kappa shape index (κ1) is 22.7. The van der Waals surface area contributed by atoms with Gasteiger partial charge in [-0.1, -0.05) is 53.5 Å². The normalized spacial score (nSPS) is 14.8. The number of thiazole rings is 1. The van der Waals surface area contributed by atoms with E-state index in [0.717, 1.165) is 52.4 Å². The topological polar surface area (TPSA) is 42.7 Å². The monoisotopic (exact) mass is 518 g/mol. The summed E-state index contributed by atoms with van der Waals surface area (Å²) in [6.45, 7) is 2.80. The fraction of sp³-hybridized carbons (Fsp3) is 0.214. The molecular weight excluding hydrogens is 495 g/mol. The second-order valence-corrected chi connectivity index (χ2v) is 10.8. The molecule has 0 aliphatic carbocycles. The first-order valence-electron chi connectivity index (χ1n) is 11.8. The average Bonchev–Trinajstić information content (AvgIpc) is 3.46. The van der Waals surface area contributed by atoms with Gasteiger partial charge in [0, 0.05) is 47.2 Å². The van der Waals surface area contributed by atoms with Crippen molar-refractivity contribution >= 4 is 45.6 Å². The Balaban J connectivity index is 1.44. The number of rotatable bonds is 7. The zero-order valence-electron chi connectivity index (χ0n) is 19.0. The summed E-state index contributed by atoms with van der Waals surface area (Å²) in [7, 11) is 0. The van der Waals surface area contributed by atoms with Gasteiger partial charge in [0.1, 0.15) is 10.8 Å². The Morgan fingerprint density at radius 3 is 2.51 bits per heavy atom. The lowest BCUT2D eigenvalue weighted by Crippen LogP contribution is -2.41. The van der Waals surface area contributed by atoms with E-state index in [2.05, 4.69) is 57.3 Å². The van der Waals surface area contributed by atoms with Crippen LogP contribution in [0.3, 0.4) is 0 Å². The standard InChI is InChI=1S/C28H24Cl2N4S/c29-22-7-4-19(5-8-22)26(28-32-11-13-35-28)20-6-9-24-25(15-20)34(27(33-24)21-16-31-17-21)12-10-18-2-1-3-23(30)14-18/h1-9,11,13-15,21,26,31H,10,12,16-17H2. The third-order valence-corrected chi connectivity index (χ3v) is 8.02. The van der Waals surface area contributed by atoms with Crippen LogP contribution in [0.25, 0.3) is 11.0 Å². The zero-order valence-corrected chi connectivity index (χ0v) is 21.3. The Morgan fingerprint density at radius 2 is 1.80 bits per heavy atom. The quantitative estimate of drug-likeness (QED) is 0.254. The van der Waals surface area contributed by atoms with Crippen LogP contribution in [0.2, 0.25) is 10.0 Å². The number of hydrogen-bond donors (Lipinski definition) is 1. The van der Waals surface area contributed by atoms with Crippen LogP contribution in [0.15, 0.2) is 78.3 Å². The van der Waals surface area contributed by atoms with Crippen molar-refractivity contribution in [3.8, 4) is 0 Å². The SMILES string of the molecule is Clc1ccc(C(c2ccc3nc(C4CNC4)n(CCc4cccc(Cl)c4)c3c2)c2nccs2)cc1. The van der Waals surface area contributed by atoms with Crippen molar-refractivity contribution in [3.63, 3.8) is 0 Å². The highest BCUT2D eigenvalue weighted by molar-refractivity contribution is 7.09. The van der Waals surface area contributed by atoms with Gasteiger partial charge in [0.25, 0.3) is 0 Å². The first-order valence-corrected chi connectivity index (χ1v) is 13.4. The second-order valence-electron chi connectivity index (χ2n) is 8.96. The van der Waals surface area contributed by atoms with E-state index in [9.17, 15) is 0 Å². The van der Waals surface area contributed by atoms with Gasteiger partial charge in [-0.25, -0.2) is 9.97 Å². The predicted molar refractivity (Wildman–Crippen MR) is 145 cm³/mol. The number of aryl methyl sites for hydroxylation is 2. The van der Waals surface area contributed by atoms with Gasteiger partial charge in [-0.05, 0) is 59.5 Å². The molecule has 1 aliphatic heterocycles. The number of nitrogens with zero attached hydrogens (tertiary/aromatic N) is 3. The summed E-state index contributed by atoms with van der Waals surface area (Å²) in [6.07, 6.45) is 2.77. The van der Waals surface area contributed by atoms with Crippen molar-refractivity contribution < 1.29 is 0 Å². The van der Waals surface area contributed by atoms with Gasteiger partial charge >= 0.3 is 0 Å². The van der Waals surface area contributed by atoms with E-state index in [-0.39, 0.29) is 5.92 Å². The van der Waals surface area contributed by atoms with Crippen LogP contribution >= 0.6 is 34.5 Å². The molecule has 0 bridgehead atoms. The van der Waals surface area contributed by atoms with Crippen LogP contribution < -0.4 is 5.32 Å². The van der Waals surface area contributed by atoms with Crippen molar-refractivity contribution in [2.75, 3.05) is 13.1 Å². The number of imidazole rings is 1. The fourth-order valence-electron chi connectivity index (χ4n) is 4.80. The molecule has 2 aromatic heterocycles. The molecule has 3 heterocycles. The summed E-state index contributed by atoms with van der Waals surface area (Å²) in [5, 5.41) is 8.02. The summed E-state index contributed by atoms with van der Waals surface area (Å²) in [5.41, 5.74) is 5.82. The van der Waals surface area contributed by atoms with E-state index >= 15 is 0 Å². The molecule has 3 aromatic carbocycles. The lowest BCUT2D eigenvalue weighted by atomic mass is 9.91. The van der Waals surface area contributed by atoms with Crippen molar-refractivity contribution in [2.45, 2.75) is 24.8 Å². The minimum absolute atomic E-state index is 0.0433. The Labute approximate surface area is 218 Å². The summed E-state index contributed by atoms with van der Waals surface area (Å²) in [5.74, 6) is 1.65. The molecule has 1 atom stereocenters. The van der Waals surface area contributed by atoms with Crippen molar-refractivity contribution in [1.82, 2.24) is 19.9 Å². The van der Waals surface area contributed by atoms with Gasteiger partial charge < -0.3 is 9.88 Å². The minimum Gasteiger partial charge on any atom is -0.327 e. The second kappa shape index (κ2) is 9.75. The van der Waals surface area contributed by atoms with Crippen LogP contribution in [-0.4, -0.2) is 27.6 Å². The summed E-state index contributed by atoms with van der Waals surface area (Å²) in [4.78, 5) is 9.76. The van der Waals surface area contributed by atoms with E-state index in [4.69, 9.17) is 28.2 Å². The lowest BCUT2D eigenvalue weighted by molar-refractivity contribution is 0.416. The van der Waals surface area contributed by atoms with Gasteiger partial charge in [0.05, 0.1) is 17.0 Å². The van der Waals surface area contributed by atoms with Crippen molar-refractivity contribution in [3.05, 3.63) is 116 Å². The molecule has 0 saturated carbocycles. The number of halogens is 2. The third kappa shape index (κ3) is 4.62. The van der Waals surface area contributed by atoms with Gasteiger partial charge in [-0.15, -0.1) is 11.3 Å². The number of fused-ring (bicyclic) bond motifs is 1. The summed E-state index contributed by atoms with van der Waals surface area (Å²) >= 11 is 14.1. The number of aromatic nitrogens is 3. The molecule has 1 saturated heterocycles. The van der Waals surface area contributed by atoms with Crippen LogP contribution in [0, 0.1) is 0 Å². The van der Waals surface area contributed by atoms with E-state index in [1.165, 1.54) is 22.2 Å². The molecule has 35 heavy (non-hydrogen) atoms. The molecule has 1 aliphatic rings. The molecule has 0 spiro atoms. The molecule has 6 rings (SSSR count). The van der Waals surface area contributed by atoms with E-state index in [1.807, 2.05) is 35.8 Å². The maximum atomic E-state index is 6.25. The number of nitrogens with one attached hydrogen (secondary N) is 1. The van der Waals surface area contributed by atoms with Crippen LogP contribution in [0.5, 0.6) is 0 Å². The Morgan fingerprint density at radius 1 is 0.971 bits per heavy atom. The molecule has 4 nitrogen and oxygen atoms in total. The van der Waals surface area contributed by atoms with Gasteiger partial charge in [-0.2, -0.15) is 0 Å². The molecule has 0 amide bonds. The Bertz CT molecular complexity index is 1460. The summed E-state index contributed by atoms with van der Waals surface area (Å²) < 4.78 is 2.41. The van der Waals surface area contributed by atoms with E-state index in [0.29, 0.717) is 5.92 Å². The highest BCUT2D eigenvalue weighted by Crippen LogP contribution is 2.36. The van der Waals surface area contributed by atoms with Gasteiger partial charge in [0.15, 0.2) is 0 Å². The minimum atomic E-state index is 0.0433. The fourth-order valence-corrected chi connectivity index (χ4v) is 5.93.